The van der Waals surface area contributed by atoms with Crippen LogP contribution in [-0.4, -0.2) is 28.5 Å². The topological polar surface area (TPSA) is 51.3 Å². The van der Waals surface area contributed by atoms with Crippen molar-refractivity contribution >= 4 is 11.6 Å². The van der Waals surface area contributed by atoms with Crippen LogP contribution >= 0.6 is 0 Å². The van der Waals surface area contributed by atoms with Gasteiger partial charge in [-0.3, -0.25) is 4.79 Å². The fourth-order valence-electron chi connectivity index (χ4n) is 2.32. The number of rotatable bonds is 5. The third-order valence-corrected chi connectivity index (χ3v) is 3.44. The van der Waals surface area contributed by atoms with Crippen LogP contribution < -0.4 is 5.73 Å². The normalized spacial score (nSPS) is 13.1. The molecular formula is C15H27N3O. The van der Waals surface area contributed by atoms with Crippen molar-refractivity contribution in [1.82, 2.24) is 9.47 Å². The van der Waals surface area contributed by atoms with Gasteiger partial charge in [0.15, 0.2) is 0 Å². The number of carbonyl (C=O) groups excluding carboxylic acids is 1. The van der Waals surface area contributed by atoms with Gasteiger partial charge >= 0.3 is 0 Å². The Balaban J connectivity index is 2.93. The maximum absolute atomic E-state index is 12.6. The van der Waals surface area contributed by atoms with E-state index < -0.39 is 0 Å². The number of anilines is 1. The van der Waals surface area contributed by atoms with Gasteiger partial charge in [-0.1, -0.05) is 13.8 Å². The van der Waals surface area contributed by atoms with E-state index in [-0.39, 0.29) is 18.0 Å². The van der Waals surface area contributed by atoms with E-state index in [9.17, 15) is 4.79 Å². The van der Waals surface area contributed by atoms with Gasteiger partial charge < -0.3 is 15.2 Å². The number of aromatic nitrogens is 1. The van der Waals surface area contributed by atoms with Gasteiger partial charge in [0, 0.05) is 25.3 Å². The Labute approximate surface area is 116 Å². The van der Waals surface area contributed by atoms with Crippen molar-refractivity contribution in [3.05, 3.63) is 18.0 Å². The Bertz CT molecular complexity index is 435. The van der Waals surface area contributed by atoms with Crippen LogP contribution in [0.3, 0.4) is 0 Å². The van der Waals surface area contributed by atoms with E-state index in [2.05, 4.69) is 20.8 Å². The SMILES string of the molecule is CC(C)CC(C)N(C)C(=O)c1cc(N)cn1C(C)C. The van der Waals surface area contributed by atoms with Gasteiger partial charge in [-0.15, -0.1) is 0 Å². The van der Waals surface area contributed by atoms with Gasteiger partial charge in [0.05, 0.1) is 5.69 Å². The number of nitrogens with zero attached hydrogens (tertiary/aromatic N) is 2. The molecule has 1 atom stereocenters. The lowest BCUT2D eigenvalue weighted by Crippen LogP contribution is -2.37. The summed E-state index contributed by atoms with van der Waals surface area (Å²) < 4.78 is 1.94. The van der Waals surface area contributed by atoms with Crippen molar-refractivity contribution in [3.8, 4) is 0 Å². The molecule has 0 saturated carbocycles. The average Bonchev–Trinajstić information content (AvgIpc) is 2.68. The van der Waals surface area contributed by atoms with Gasteiger partial charge in [0.25, 0.3) is 5.91 Å². The highest BCUT2D eigenvalue weighted by Gasteiger charge is 2.22. The first-order valence-electron chi connectivity index (χ1n) is 6.98. The zero-order valence-corrected chi connectivity index (χ0v) is 13.0. The van der Waals surface area contributed by atoms with E-state index in [4.69, 9.17) is 5.73 Å². The first kappa shape index (κ1) is 15.6. The lowest BCUT2D eigenvalue weighted by atomic mass is 10.0. The van der Waals surface area contributed by atoms with Crippen molar-refractivity contribution in [2.45, 2.75) is 53.1 Å². The molecule has 19 heavy (non-hydrogen) atoms. The second kappa shape index (κ2) is 6.13. The van der Waals surface area contributed by atoms with Crippen LogP contribution in [0.15, 0.2) is 12.3 Å². The number of carbonyl (C=O) groups is 1. The lowest BCUT2D eigenvalue weighted by molar-refractivity contribution is 0.0715. The second-order valence-corrected chi connectivity index (χ2v) is 6.05. The van der Waals surface area contributed by atoms with Crippen molar-refractivity contribution in [1.29, 1.82) is 0 Å². The van der Waals surface area contributed by atoms with E-state index in [1.54, 1.807) is 6.07 Å². The third-order valence-electron chi connectivity index (χ3n) is 3.44. The van der Waals surface area contributed by atoms with E-state index in [1.807, 2.05) is 36.6 Å². The number of nitrogen functional groups attached to an aromatic ring is 1. The standard InChI is InChI=1S/C15H27N3O/c1-10(2)7-12(5)17(6)15(19)14-8-13(16)9-18(14)11(3)4/h8-12H,7,16H2,1-6H3. The highest BCUT2D eigenvalue weighted by molar-refractivity contribution is 5.94. The molecule has 0 aromatic carbocycles. The second-order valence-electron chi connectivity index (χ2n) is 6.05. The Morgan fingerprint density at radius 1 is 1.32 bits per heavy atom. The molecule has 0 saturated heterocycles. The molecule has 1 rings (SSSR count). The summed E-state index contributed by atoms with van der Waals surface area (Å²) in [5, 5.41) is 0. The zero-order valence-electron chi connectivity index (χ0n) is 13.0. The minimum atomic E-state index is 0.0403. The van der Waals surface area contributed by atoms with Crippen LogP contribution in [0.1, 0.15) is 57.6 Å². The summed E-state index contributed by atoms with van der Waals surface area (Å²) in [6.07, 6.45) is 2.83. The van der Waals surface area contributed by atoms with Crippen molar-refractivity contribution in [2.24, 2.45) is 5.92 Å². The summed E-state index contributed by atoms with van der Waals surface area (Å²) in [5.41, 5.74) is 7.13. The Kier molecular flexibility index (Phi) is 5.04. The van der Waals surface area contributed by atoms with Crippen LogP contribution in [0, 0.1) is 5.92 Å². The molecule has 1 amide bonds. The summed E-state index contributed by atoms with van der Waals surface area (Å²) in [6, 6.07) is 2.22. The summed E-state index contributed by atoms with van der Waals surface area (Å²) in [4.78, 5) is 14.4. The van der Waals surface area contributed by atoms with Gasteiger partial charge in [-0.2, -0.15) is 0 Å². The van der Waals surface area contributed by atoms with Gasteiger partial charge in [0.2, 0.25) is 0 Å². The molecule has 0 bridgehead atoms. The molecule has 0 aliphatic carbocycles. The van der Waals surface area contributed by atoms with Gasteiger partial charge in [0.1, 0.15) is 5.69 Å². The molecule has 1 heterocycles. The lowest BCUT2D eigenvalue weighted by Gasteiger charge is -2.27. The predicted octanol–water partition coefficient (Wildman–Crippen LogP) is 3.16. The third kappa shape index (κ3) is 3.75. The smallest absolute Gasteiger partial charge is 0.270 e. The van der Waals surface area contributed by atoms with E-state index >= 15 is 0 Å². The summed E-state index contributed by atoms with van der Waals surface area (Å²) >= 11 is 0. The number of hydrogen-bond acceptors (Lipinski definition) is 2. The molecule has 4 heteroatoms. The fourth-order valence-corrected chi connectivity index (χ4v) is 2.32. The molecule has 0 aliphatic rings. The molecule has 0 radical (unpaired) electrons. The average molecular weight is 265 g/mol. The maximum Gasteiger partial charge on any atom is 0.270 e. The van der Waals surface area contributed by atoms with Crippen LogP contribution in [0.2, 0.25) is 0 Å². The Morgan fingerprint density at radius 3 is 2.37 bits per heavy atom. The summed E-state index contributed by atoms with van der Waals surface area (Å²) in [7, 11) is 1.86. The first-order chi connectivity index (χ1) is 8.73. The maximum atomic E-state index is 12.6. The van der Waals surface area contributed by atoms with Crippen LogP contribution in [0.25, 0.3) is 0 Å². The molecule has 4 nitrogen and oxygen atoms in total. The number of hydrogen-bond donors (Lipinski definition) is 1. The highest BCUT2D eigenvalue weighted by Crippen LogP contribution is 2.20. The van der Waals surface area contributed by atoms with Crippen LogP contribution in [0.4, 0.5) is 5.69 Å². The Morgan fingerprint density at radius 2 is 1.89 bits per heavy atom. The molecular weight excluding hydrogens is 238 g/mol. The quantitative estimate of drug-likeness (QED) is 0.889. The van der Waals surface area contributed by atoms with Crippen LogP contribution in [-0.2, 0) is 0 Å². The Hall–Kier alpha value is -1.45. The van der Waals surface area contributed by atoms with E-state index in [1.165, 1.54) is 0 Å². The molecule has 1 aromatic heterocycles. The first-order valence-corrected chi connectivity index (χ1v) is 6.98. The van der Waals surface area contributed by atoms with E-state index in [0.29, 0.717) is 17.3 Å². The fraction of sp³-hybridized carbons (Fsp3) is 0.667. The molecule has 1 unspecified atom stereocenters. The minimum absolute atomic E-state index is 0.0403. The van der Waals surface area contributed by atoms with Crippen LogP contribution in [0.5, 0.6) is 0 Å². The number of amides is 1. The van der Waals surface area contributed by atoms with Crippen molar-refractivity contribution in [3.63, 3.8) is 0 Å². The van der Waals surface area contributed by atoms with Gasteiger partial charge in [-0.05, 0) is 39.2 Å². The minimum Gasteiger partial charge on any atom is -0.397 e. The molecule has 0 spiro atoms. The van der Waals surface area contributed by atoms with Crippen molar-refractivity contribution in [2.75, 3.05) is 12.8 Å². The molecule has 0 aliphatic heterocycles. The van der Waals surface area contributed by atoms with E-state index in [0.717, 1.165) is 6.42 Å². The highest BCUT2D eigenvalue weighted by atomic mass is 16.2. The number of nitrogens with two attached hydrogens (primary N) is 1. The zero-order chi connectivity index (χ0) is 14.7. The molecule has 1 aromatic rings. The summed E-state index contributed by atoms with van der Waals surface area (Å²) in [5.74, 6) is 0.616. The monoisotopic (exact) mass is 265 g/mol. The largest absolute Gasteiger partial charge is 0.397 e. The van der Waals surface area contributed by atoms with Gasteiger partial charge in [-0.25, -0.2) is 0 Å². The van der Waals surface area contributed by atoms with Crippen molar-refractivity contribution < 1.29 is 4.79 Å². The molecule has 108 valence electrons. The molecule has 0 fully saturated rings. The predicted molar refractivity (Wildman–Crippen MR) is 80.2 cm³/mol. The summed E-state index contributed by atoms with van der Waals surface area (Å²) in [6.45, 7) is 10.5. The molecule has 2 N–H and O–H groups in total.